The monoisotopic (exact) mass is 343 g/mol. The van der Waals surface area contributed by atoms with Crippen molar-refractivity contribution in [1.82, 2.24) is 14.9 Å². The van der Waals surface area contributed by atoms with Crippen LogP contribution in [0.3, 0.4) is 0 Å². The summed E-state index contributed by atoms with van der Waals surface area (Å²) in [6.07, 6.45) is 3.77. The summed E-state index contributed by atoms with van der Waals surface area (Å²) in [5, 5.41) is 0. The standard InChI is InChI=1S/C19H25N3O3/c1-19(2,3)25-18(23)22-12-15(11-16(22)17-20-9-10-21-17)24-13-14-7-5-4-6-8-14/h4-10,15-16H,11-13H2,1-3H3,(H,20,21)/t15-,16-/m0/s1. The predicted molar refractivity (Wildman–Crippen MR) is 93.9 cm³/mol. The molecule has 0 spiro atoms. The molecule has 1 aromatic carbocycles. The SMILES string of the molecule is CC(C)(C)OC(=O)N1C[C@@H](OCc2ccccc2)C[C@H]1c1ncc[nH]1. The molecule has 134 valence electrons. The van der Waals surface area contributed by atoms with Crippen LogP contribution >= 0.6 is 0 Å². The van der Waals surface area contributed by atoms with E-state index in [0.717, 1.165) is 11.4 Å². The molecular formula is C19H25N3O3. The second-order valence-electron chi connectivity index (χ2n) is 7.28. The quantitative estimate of drug-likeness (QED) is 0.919. The van der Waals surface area contributed by atoms with Gasteiger partial charge in [0.05, 0.1) is 25.3 Å². The molecule has 0 saturated carbocycles. The minimum Gasteiger partial charge on any atom is -0.444 e. The van der Waals surface area contributed by atoms with E-state index in [4.69, 9.17) is 9.47 Å². The Morgan fingerprint density at radius 1 is 1.32 bits per heavy atom. The van der Waals surface area contributed by atoms with E-state index in [-0.39, 0.29) is 18.2 Å². The molecule has 0 aliphatic carbocycles. The number of nitrogens with one attached hydrogen (secondary N) is 1. The number of likely N-dealkylation sites (tertiary alicyclic amines) is 1. The van der Waals surface area contributed by atoms with Gasteiger partial charge in [0.15, 0.2) is 0 Å². The van der Waals surface area contributed by atoms with Crippen molar-refractivity contribution in [1.29, 1.82) is 0 Å². The Kier molecular flexibility index (Phi) is 5.08. The van der Waals surface area contributed by atoms with Crippen LogP contribution in [-0.4, -0.2) is 39.2 Å². The second-order valence-corrected chi connectivity index (χ2v) is 7.28. The van der Waals surface area contributed by atoms with E-state index >= 15 is 0 Å². The average molecular weight is 343 g/mol. The highest BCUT2D eigenvalue weighted by Gasteiger charge is 2.40. The van der Waals surface area contributed by atoms with E-state index in [9.17, 15) is 4.79 Å². The number of aromatic amines is 1. The van der Waals surface area contributed by atoms with Crippen LogP contribution in [0, 0.1) is 0 Å². The Morgan fingerprint density at radius 2 is 2.08 bits per heavy atom. The van der Waals surface area contributed by atoms with Gasteiger partial charge in [-0.15, -0.1) is 0 Å². The Balaban J connectivity index is 1.68. The largest absolute Gasteiger partial charge is 0.444 e. The van der Waals surface area contributed by atoms with Crippen LogP contribution in [0.1, 0.15) is 44.6 Å². The zero-order valence-electron chi connectivity index (χ0n) is 14.9. The van der Waals surface area contributed by atoms with Crippen LogP contribution in [0.25, 0.3) is 0 Å². The number of H-pyrrole nitrogens is 1. The fraction of sp³-hybridized carbons (Fsp3) is 0.474. The van der Waals surface area contributed by atoms with Gasteiger partial charge in [-0.25, -0.2) is 9.78 Å². The molecule has 2 aromatic rings. The second kappa shape index (κ2) is 7.27. The maximum Gasteiger partial charge on any atom is 0.411 e. The summed E-state index contributed by atoms with van der Waals surface area (Å²) in [6, 6.07) is 9.87. The highest BCUT2D eigenvalue weighted by Crippen LogP contribution is 2.33. The first-order valence-corrected chi connectivity index (χ1v) is 8.57. The van der Waals surface area contributed by atoms with E-state index in [0.29, 0.717) is 19.6 Å². The van der Waals surface area contributed by atoms with Crippen molar-refractivity contribution in [3.8, 4) is 0 Å². The zero-order valence-corrected chi connectivity index (χ0v) is 14.9. The Labute approximate surface area is 148 Å². The minimum atomic E-state index is -0.534. The summed E-state index contributed by atoms with van der Waals surface area (Å²) in [7, 11) is 0. The topological polar surface area (TPSA) is 67.4 Å². The molecule has 0 bridgehead atoms. The van der Waals surface area contributed by atoms with Crippen molar-refractivity contribution in [2.45, 2.75) is 51.5 Å². The first-order valence-electron chi connectivity index (χ1n) is 8.57. The van der Waals surface area contributed by atoms with Gasteiger partial charge in [-0.2, -0.15) is 0 Å². The number of carbonyl (C=O) groups is 1. The third-order valence-corrected chi connectivity index (χ3v) is 4.05. The molecule has 3 rings (SSSR count). The van der Waals surface area contributed by atoms with Crippen LogP contribution in [-0.2, 0) is 16.1 Å². The van der Waals surface area contributed by atoms with E-state index in [1.807, 2.05) is 51.1 Å². The minimum absolute atomic E-state index is 0.0529. The van der Waals surface area contributed by atoms with Crippen LogP contribution in [0.5, 0.6) is 0 Å². The molecule has 25 heavy (non-hydrogen) atoms. The molecule has 0 radical (unpaired) electrons. The van der Waals surface area contributed by atoms with Gasteiger partial charge in [0.25, 0.3) is 0 Å². The third kappa shape index (κ3) is 4.60. The van der Waals surface area contributed by atoms with Crippen molar-refractivity contribution in [2.75, 3.05) is 6.54 Å². The van der Waals surface area contributed by atoms with Crippen LogP contribution in [0.2, 0.25) is 0 Å². The fourth-order valence-electron chi connectivity index (χ4n) is 2.95. The first-order chi connectivity index (χ1) is 11.9. The van der Waals surface area contributed by atoms with Crippen LogP contribution < -0.4 is 0 Å². The number of hydrogen-bond acceptors (Lipinski definition) is 4. The number of ether oxygens (including phenoxy) is 2. The predicted octanol–water partition coefficient (Wildman–Crippen LogP) is 3.68. The molecule has 1 N–H and O–H groups in total. The molecule has 2 atom stereocenters. The molecule has 6 heteroatoms. The normalized spacial score (nSPS) is 20.7. The maximum atomic E-state index is 12.6. The van der Waals surface area contributed by atoms with E-state index in [1.165, 1.54) is 0 Å². The highest BCUT2D eigenvalue weighted by molar-refractivity contribution is 5.69. The summed E-state index contributed by atoms with van der Waals surface area (Å²) >= 11 is 0. The summed E-state index contributed by atoms with van der Waals surface area (Å²) in [6.45, 7) is 6.62. The fourth-order valence-corrected chi connectivity index (χ4v) is 2.95. The van der Waals surface area contributed by atoms with E-state index in [2.05, 4.69) is 9.97 Å². The van der Waals surface area contributed by atoms with Crippen molar-refractivity contribution >= 4 is 6.09 Å². The molecule has 1 fully saturated rings. The smallest absolute Gasteiger partial charge is 0.411 e. The van der Waals surface area contributed by atoms with Gasteiger partial charge in [0.1, 0.15) is 11.4 Å². The van der Waals surface area contributed by atoms with Gasteiger partial charge in [0.2, 0.25) is 0 Å². The summed E-state index contributed by atoms with van der Waals surface area (Å²) < 4.78 is 11.6. The molecule has 0 unspecified atom stereocenters. The number of imidazole rings is 1. The molecule has 2 heterocycles. The van der Waals surface area contributed by atoms with Gasteiger partial charge in [-0.05, 0) is 26.3 Å². The lowest BCUT2D eigenvalue weighted by atomic mass is 10.2. The summed E-state index contributed by atoms with van der Waals surface area (Å²) in [4.78, 5) is 21.7. The third-order valence-electron chi connectivity index (χ3n) is 4.05. The molecule has 1 amide bonds. The van der Waals surface area contributed by atoms with E-state index in [1.54, 1.807) is 17.3 Å². The lowest BCUT2D eigenvalue weighted by molar-refractivity contribution is 0.0145. The number of rotatable bonds is 4. The van der Waals surface area contributed by atoms with Crippen LogP contribution in [0.15, 0.2) is 42.7 Å². The van der Waals surface area contributed by atoms with Gasteiger partial charge in [0, 0.05) is 18.8 Å². The van der Waals surface area contributed by atoms with Gasteiger partial charge >= 0.3 is 6.09 Å². The average Bonchev–Trinajstić information content (AvgIpc) is 3.21. The molecule has 1 aliphatic rings. The summed E-state index contributed by atoms with van der Waals surface area (Å²) in [5.41, 5.74) is 0.584. The van der Waals surface area contributed by atoms with Crippen LogP contribution in [0.4, 0.5) is 4.79 Å². The lowest BCUT2D eigenvalue weighted by Crippen LogP contribution is -2.37. The zero-order chi connectivity index (χ0) is 17.9. The number of hydrogen-bond donors (Lipinski definition) is 1. The van der Waals surface area contributed by atoms with Gasteiger partial charge < -0.3 is 14.5 Å². The van der Waals surface area contributed by atoms with Gasteiger partial charge in [-0.3, -0.25) is 4.90 Å². The Bertz CT molecular complexity index is 680. The molecule has 1 aliphatic heterocycles. The number of carbonyl (C=O) groups excluding carboxylic acids is 1. The Hall–Kier alpha value is -2.34. The van der Waals surface area contributed by atoms with Crippen molar-refractivity contribution in [2.24, 2.45) is 0 Å². The first kappa shape index (κ1) is 17.5. The highest BCUT2D eigenvalue weighted by atomic mass is 16.6. The van der Waals surface area contributed by atoms with Gasteiger partial charge in [-0.1, -0.05) is 30.3 Å². The van der Waals surface area contributed by atoms with Crippen molar-refractivity contribution < 1.29 is 14.3 Å². The number of benzene rings is 1. The Morgan fingerprint density at radius 3 is 2.72 bits per heavy atom. The molecule has 6 nitrogen and oxygen atoms in total. The number of nitrogens with zero attached hydrogens (tertiary/aromatic N) is 2. The van der Waals surface area contributed by atoms with Crippen molar-refractivity contribution in [3.05, 3.63) is 54.1 Å². The van der Waals surface area contributed by atoms with E-state index < -0.39 is 5.60 Å². The lowest BCUT2D eigenvalue weighted by Gasteiger charge is -2.27. The number of amides is 1. The molecule has 1 saturated heterocycles. The van der Waals surface area contributed by atoms with Crippen molar-refractivity contribution in [3.63, 3.8) is 0 Å². The molecular weight excluding hydrogens is 318 g/mol. The molecule has 1 aromatic heterocycles. The summed E-state index contributed by atoms with van der Waals surface area (Å²) in [5.74, 6) is 0.761. The number of aromatic nitrogens is 2. The maximum absolute atomic E-state index is 12.6.